The molecule has 0 bridgehead atoms. The highest BCUT2D eigenvalue weighted by Crippen LogP contribution is 2.30. The first-order chi connectivity index (χ1) is 15.6. The van der Waals surface area contributed by atoms with Crippen molar-refractivity contribution < 1.29 is 34.6 Å². The molecule has 0 saturated carbocycles. The normalized spacial score (nSPS) is 26.0. The third-order valence-corrected chi connectivity index (χ3v) is 5.80. The van der Waals surface area contributed by atoms with Crippen molar-refractivity contribution in [2.45, 2.75) is 77.8 Å². The van der Waals surface area contributed by atoms with Crippen molar-refractivity contribution in [3.63, 3.8) is 0 Å². The summed E-state index contributed by atoms with van der Waals surface area (Å²) in [6.45, 7) is 9.46. The zero-order valence-corrected chi connectivity index (χ0v) is 19.9. The van der Waals surface area contributed by atoms with Crippen molar-refractivity contribution in [1.29, 1.82) is 0 Å². The highest BCUT2D eigenvalue weighted by Gasteiger charge is 2.41. The molecule has 3 unspecified atom stereocenters. The van der Waals surface area contributed by atoms with E-state index in [0.717, 1.165) is 22.6 Å². The number of aromatic nitrogens is 2. The molecule has 0 radical (unpaired) electrons. The summed E-state index contributed by atoms with van der Waals surface area (Å²) in [6.07, 6.45) is -5.00. The molecule has 4 N–H and O–H groups in total. The summed E-state index contributed by atoms with van der Waals surface area (Å²) in [5.41, 5.74) is 2.77. The summed E-state index contributed by atoms with van der Waals surface area (Å²) in [5, 5.41) is 45.1. The molecule has 3 rings (SSSR count). The van der Waals surface area contributed by atoms with Crippen LogP contribution in [0, 0.1) is 12.8 Å². The third kappa shape index (κ3) is 5.85. The van der Waals surface area contributed by atoms with Gasteiger partial charge in [-0.1, -0.05) is 12.1 Å². The minimum atomic E-state index is -1.53. The molecule has 1 aromatic heterocycles. The van der Waals surface area contributed by atoms with Gasteiger partial charge in [-0.3, -0.25) is 4.68 Å². The molecule has 5 atom stereocenters. The van der Waals surface area contributed by atoms with Crippen LogP contribution in [-0.2, 0) is 11.2 Å². The van der Waals surface area contributed by atoms with Gasteiger partial charge in [-0.15, -0.1) is 5.10 Å². The fourth-order valence-corrected chi connectivity index (χ4v) is 3.92. The molecule has 1 aliphatic rings. The van der Waals surface area contributed by atoms with Gasteiger partial charge in [0.1, 0.15) is 18.0 Å². The fourth-order valence-electron chi connectivity index (χ4n) is 3.92. The quantitative estimate of drug-likeness (QED) is 0.464. The number of hydrogen-bond acceptors (Lipinski definition) is 8. The van der Waals surface area contributed by atoms with Gasteiger partial charge in [0.05, 0.1) is 25.4 Å². The Hall–Kier alpha value is -2.17. The molecule has 1 aromatic carbocycles. The number of ether oxygens (including phenoxy) is 3. The lowest BCUT2D eigenvalue weighted by atomic mass is 9.97. The van der Waals surface area contributed by atoms with Crippen molar-refractivity contribution >= 4 is 0 Å². The van der Waals surface area contributed by atoms with Crippen LogP contribution in [0.3, 0.4) is 0 Å². The summed E-state index contributed by atoms with van der Waals surface area (Å²) in [6, 6.07) is 7.88. The summed E-state index contributed by atoms with van der Waals surface area (Å²) in [5.74, 6) is 0.349. The van der Waals surface area contributed by atoms with Crippen molar-refractivity contribution in [1.82, 2.24) is 9.78 Å². The Labute approximate surface area is 194 Å². The Kier molecular flexibility index (Phi) is 8.36. The zero-order valence-electron chi connectivity index (χ0n) is 19.9. The van der Waals surface area contributed by atoms with E-state index in [2.05, 4.69) is 5.10 Å². The third-order valence-electron chi connectivity index (χ3n) is 5.80. The second-order valence-corrected chi connectivity index (χ2v) is 9.13. The fraction of sp³-hybridized carbons (Fsp3) is 0.625. The predicted molar refractivity (Wildman–Crippen MR) is 121 cm³/mol. The molecular formula is C24H36N2O7. The average molecular weight is 465 g/mol. The monoisotopic (exact) mass is 464 g/mol. The Balaban J connectivity index is 1.87. The van der Waals surface area contributed by atoms with Gasteiger partial charge in [-0.25, -0.2) is 0 Å². The molecule has 9 nitrogen and oxygen atoms in total. The maximum Gasteiger partial charge on any atom is 0.239 e. The summed E-state index contributed by atoms with van der Waals surface area (Å²) < 4.78 is 19.1. The molecule has 1 fully saturated rings. The standard InChI is InChI=1S/C24H36N2O7/c1-13(2)26-15(5)19(10-16-6-8-18(9-7-16)32-14(3)4)23(25-26)33-24-22(30)21(29)20(28)17(11-27)12-31-24/h6-9,13-14,17,20-22,24,27-30H,10-12H2,1-5H3/t17?,20-,21?,22?,24+/m1/s1. The molecular weight excluding hydrogens is 428 g/mol. The van der Waals surface area contributed by atoms with Gasteiger partial charge in [-0.05, 0) is 52.3 Å². The molecule has 1 saturated heterocycles. The van der Waals surface area contributed by atoms with Crippen molar-refractivity contribution in [3.8, 4) is 11.6 Å². The summed E-state index contributed by atoms with van der Waals surface area (Å²) in [4.78, 5) is 0. The lowest BCUT2D eigenvalue weighted by Gasteiger charge is -2.25. The van der Waals surface area contributed by atoms with E-state index in [0.29, 0.717) is 6.42 Å². The zero-order chi connectivity index (χ0) is 24.3. The van der Waals surface area contributed by atoms with Gasteiger partial charge in [0.25, 0.3) is 0 Å². The van der Waals surface area contributed by atoms with Gasteiger partial charge in [0.15, 0.2) is 0 Å². The average Bonchev–Trinajstić information content (AvgIpc) is 3.03. The maximum absolute atomic E-state index is 10.5. The number of aliphatic hydroxyl groups excluding tert-OH is 4. The summed E-state index contributed by atoms with van der Waals surface area (Å²) in [7, 11) is 0. The highest BCUT2D eigenvalue weighted by molar-refractivity contribution is 5.38. The smallest absolute Gasteiger partial charge is 0.239 e. The van der Waals surface area contributed by atoms with E-state index in [1.54, 1.807) is 0 Å². The van der Waals surface area contributed by atoms with Crippen molar-refractivity contribution in [3.05, 3.63) is 41.1 Å². The van der Waals surface area contributed by atoms with Crippen molar-refractivity contribution in [2.24, 2.45) is 5.92 Å². The first-order valence-electron chi connectivity index (χ1n) is 11.4. The molecule has 0 amide bonds. The second kappa shape index (κ2) is 10.8. The predicted octanol–water partition coefficient (Wildman–Crippen LogP) is 1.58. The van der Waals surface area contributed by atoms with Crippen LogP contribution in [0.15, 0.2) is 24.3 Å². The molecule has 9 heteroatoms. The minimum absolute atomic E-state index is 0.0764. The Morgan fingerprint density at radius 2 is 1.73 bits per heavy atom. The van der Waals surface area contributed by atoms with Gasteiger partial charge in [0, 0.05) is 29.6 Å². The van der Waals surface area contributed by atoms with Crippen LogP contribution in [0.4, 0.5) is 0 Å². The van der Waals surface area contributed by atoms with Crippen LogP contribution in [0.5, 0.6) is 11.6 Å². The van der Waals surface area contributed by atoms with E-state index in [4.69, 9.17) is 14.2 Å². The number of hydrogen-bond donors (Lipinski definition) is 4. The lowest BCUT2D eigenvalue weighted by Crippen LogP contribution is -2.47. The number of rotatable bonds is 8. The molecule has 1 aliphatic heterocycles. The van der Waals surface area contributed by atoms with Crippen molar-refractivity contribution in [2.75, 3.05) is 13.2 Å². The van der Waals surface area contributed by atoms with E-state index in [1.165, 1.54) is 0 Å². The van der Waals surface area contributed by atoms with Crippen LogP contribution in [-0.4, -0.2) is 74.1 Å². The first-order valence-corrected chi connectivity index (χ1v) is 11.4. The SMILES string of the molecule is Cc1c(Cc2ccc(OC(C)C)cc2)c(O[C@@H]2OCC(CO)[C@@H](O)C(O)C2O)nn1C(C)C. The molecule has 2 aromatic rings. The number of benzene rings is 1. The number of aliphatic hydroxyl groups is 4. The van der Waals surface area contributed by atoms with Crippen LogP contribution < -0.4 is 9.47 Å². The second-order valence-electron chi connectivity index (χ2n) is 9.13. The van der Waals surface area contributed by atoms with E-state index in [1.807, 2.05) is 63.6 Å². The van der Waals surface area contributed by atoms with Gasteiger partial charge in [0.2, 0.25) is 12.2 Å². The van der Waals surface area contributed by atoms with Crippen LogP contribution in [0.1, 0.15) is 50.6 Å². The van der Waals surface area contributed by atoms with E-state index in [9.17, 15) is 20.4 Å². The molecule has 0 spiro atoms. The topological polar surface area (TPSA) is 126 Å². The lowest BCUT2D eigenvalue weighted by molar-refractivity contribution is -0.168. The molecule has 184 valence electrons. The largest absolute Gasteiger partial charge is 0.491 e. The minimum Gasteiger partial charge on any atom is -0.491 e. The van der Waals surface area contributed by atoms with Crippen LogP contribution in [0.25, 0.3) is 0 Å². The van der Waals surface area contributed by atoms with Gasteiger partial charge >= 0.3 is 0 Å². The number of nitrogens with zero attached hydrogens (tertiary/aromatic N) is 2. The van der Waals surface area contributed by atoms with E-state index >= 15 is 0 Å². The van der Waals surface area contributed by atoms with Crippen LogP contribution >= 0.6 is 0 Å². The molecule has 33 heavy (non-hydrogen) atoms. The van der Waals surface area contributed by atoms with Gasteiger partial charge < -0.3 is 34.6 Å². The molecule has 2 heterocycles. The maximum atomic E-state index is 10.5. The Morgan fingerprint density at radius 1 is 1.06 bits per heavy atom. The highest BCUT2D eigenvalue weighted by atomic mass is 16.7. The van der Waals surface area contributed by atoms with E-state index in [-0.39, 0.29) is 31.2 Å². The Bertz CT molecular complexity index is 897. The first kappa shape index (κ1) is 25.5. The van der Waals surface area contributed by atoms with Crippen LogP contribution in [0.2, 0.25) is 0 Å². The molecule has 0 aliphatic carbocycles. The summed E-state index contributed by atoms with van der Waals surface area (Å²) >= 11 is 0. The Morgan fingerprint density at radius 3 is 2.30 bits per heavy atom. The van der Waals surface area contributed by atoms with E-state index < -0.39 is 30.5 Å². The van der Waals surface area contributed by atoms with Gasteiger partial charge in [-0.2, -0.15) is 0 Å².